The SMILES string of the molecule is Cc1cc(C)cc(OCC(=O)Nc2ccc(S(=O)(=O)Nc3ccc(Cl)cc3Cl)cc2)c1. The molecule has 162 valence electrons. The van der Waals surface area contributed by atoms with Crippen LogP contribution in [0.2, 0.25) is 10.0 Å². The molecule has 31 heavy (non-hydrogen) atoms. The zero-order chi connectivity index (χ0) is 22.6. The Kier molecular flexibility index (Phi) is 7.10. The van der Waals surface area contributed by atoms with Crippen LogP contribution in [-0.2, 0) is 14.8 Å². The number of nitrogens with one attached hydrogen (secondary N) is 2. The summed E-state index contributed by atoms with van der Waals surface area (Å²) in [6.07, 6.45) is 0. The molecule has 0 saturated carbocycles. The van der Waals surface area contributed by atoms with Gasteiger partial charge in [0.1, 0.15) is 5.75 Å². The summed E-state index contributed by atoms with van der Waals surface area (Å²) in [5.74, 6) is 0.252. The van der Waals surface area contributed by atoms with Gasteiger partial charge in [-0.15, -0.1) is 0 Å². The van der Waals surface area contributed by atoms with Gasteiger partial charge >= 0.3 is 0 Å². The molecule has 6 nitrogen and oxygen atoms in total. The second kappa shape index (κ2) is 9.60. The standard InChI is InChI=1S/C22H20Cl2N2O4S/c1-14-9-15(2)11-18(10-14)30-13-22(27)25-17-4-6-19(7-5-17)31(28,29)26-21-8-3-16(23)12-20(21)24/h3-12,26H,13H2,1-2H3,(H,25,27). The molecule has 0 fully saturated rings. The van der Waals surface area contributed by atoms with Crippen LogP contribution in [0.4, 0.5) is 11.4 Å². The highest BCUT2D eigenvalue weighted by Gasteiger charge is 2.16. The van der Waals surface area contributed by atoms with Crippen molar-refractivity contribution in [1.82, 2.24) is 0 Å². The monoisotopic (exact) mass is 478 g/mol. The van der Waals surface area contributed by atoms with E-state index in [1.807, 2.05) is 32.0 Å². The number of anilines is 2. The predicted molar refractivity (Wildman–Crippen MR) is 124 cm³/mol. The lowest BCUT2D eigenvalue weighted by Gasteiger charge is -2.11. The van der Waals surface area contributed by atoms with Gasteiger partial charge in [-0.25, -0.2) is 8.42 Å². The number of carbonyl (C=O) groups excluding carboxylic acids is 1. The van der Waals surface area contributed by atoms with Gasteiger partial charge in [0.2, 0.25) is 0 Å². The molecule has 2 N–H and O–H groups in total. The van der Waals surface area contributed by atoms with E-state index >= 15 is 0 Å². The summed E-state index contributed by atoms with van der Waals surface area (Å²) < 4.78 is 33.1. The lowest BCUT2D eigenvalue weighted by Crippen LogP contribution is -2.20. The van der Waals surface area contributed by atoms with Crippen molar-refractivity contribution in [2.24, 2.45) is 0 Å². The first-order valence-electron chi connectivity index (χ1n) is 9.21. The van der Waals surface area contributed by atoms with E-state index < -0.39 is 10.0 Å². The van der Waals surface area contributed by atoms with Crippen LogP contribution in [-0.4, -0.2) is 20.9 Å². The minimum Gasteiger partial charge on any atom is -0.484 e. The van der Waals surface area contributed by atoms with Crippen LogP contribution < -0.4 is 14.8 Å². The highest BCUT2D eigenvalue weighted by molar-refractivity contribution is 7.92. The van der Waals surface area contributed by atoms with Gasteiger partial charge in [-0.2, -0.15) is 0 Å². The summed E-state index contributed by atoms with van der Waals surface area (Å²) in [4.78, 5) is 12.2. The number of rotatable bonds is 7. The molecule has 0 aliphatic carbocycles. The topological polar surface area (TPSA) is 84.5 Å². The Balaban J connectivity index is 1.61. The molecule has 9 heteroatoms. The number of benzene rings is 3. The fourth-order valence-corrected chi connectivity index (χ4v) is 4.45. The highest BCUT2D eigenvalue weighted by Crippen LogP contribution is 2.28. The van der Waals surface area contributed by atoms with E-state index in [4.69, 9.17) is 27.9 Å². The third-order valence-corrected chi connectivity index (χ3v) is 6.12. The quantitative estimate of drug-likeness (QED) is 0.474. The molecule has 0 aliphatic heterocycles. The highest BCUT2D eigenvalue weighted by atomic mass is 35.5. The molecule has 0 radical (unpaired) electrons. The van der Waals surface area contributed by atoms with Crippen molar-refractivity contribution in [1.29, 1.82) is 0 Å². The molecule has 0 atom stereocenters. The largest absolute Gasteiger partial charge is 0.484 e. The van der Waals surface area contributed by atoms with Crippen molar-refractivity contribution in [3.05, 3.63) is 81.8 Å². The number of carbonyl (C=O) groups is 1. The van der Waals surface area contributed by atoms with Crippen LogP contribution in [0.5, 0.6) is 5.75 Å². The molecule has 0 aliphatic rings. The maximum atomic E-state index is 12.6. The number of sulfonamides is 1. The normalized spacial score (nSPS) is 11.1. The first-order valence-corrected chi connectivity index (χ1v) is 11.5. The fourth-order valence-electron chi connectivity index (χ4n) is 2.86. The second-order valence-corrected chi connectivity index (χ2v) is 9.44. The number of amides is 1. The molecule has 0 saturated heterocycles. The van der Waals surface area contributed by atoms with Gasteiger partial charge in [0.25, 0.3) is 15.9 Å². The van der Waals surface area contributed by atoms with Crippen LogP contribution in [0.3, 0.4) is 0 Å². The number of ether oxygens (including phenoxy) is 1. The minimum atomic E-state index is -3.86. The molecular formula is C22H20Cl2N2O4S. The van der Waals surface area contributed by atoms with Crippen molar-refractivity contribution in [2.45, 2.75) is 18.7 Å². The van der Waals surface area contributed by atoms with Crippen molar-refractivity contribution in [2.75, 3.05) is 16.6 Å². The second-order valence-electron chi connectivity index (χ2n) is 6.91. The van der Waals surface area contributed by atoms with Gasteiger partial charge in [-0.3, -0.25) is 9.52 Å². The number of hydrogen-bond acceptors (Lipinski definition) is 4. The number of aryl methyl sites for hydroxylation is 2. The van der Waals surface area contributed by atoms with Crippen molar-refractivity contribution >= 4 is 50.5 Å². The average Bonchev–Trinajstić information content (AvgIpc) is 2.68. The first kappa shape index (κ1) is 22.9. The summed E-state index contributed by atoms with van der Waals surface area (Å²) in [6.45, 7) is 3.73. The van der Waals surface area contributed by atoms with Crippen LogP contribution in [0.15, 0.2) is 65.6 Å². The Labute approximate surface area is 191 Å². The van der Waals surface area contributed by atoms with Crippen LogP contribution in [0.25, 0.3) is 0 Å². The average molecular weight is 479 g/mol. The number of halogens is 2. The molecule has 1 amide bonds. The van der Waals surface area contributed by atoms with E-state index in [0.717, 1.165) is 11.1 Å². The van der Waals surface area contributed by atoms with Gasteiger partial charge in [-0.1, -0.05) is 29.3 Å². The maximum Gasteiger partial charge on any atom is 0.262 e. The van der Waals surface area contributed by atoms with Crippen molar-refractivity contribution < 1.29 is 17.9 Å². The van der Waals surface area contributed by atoms with Crippen LogP contribution in [0.1, 0.15) is 11.1 Å². The smallest absolute Gasteiger partial charge is 0.262 e. The van der Waals surface area contributed by atoms with Gasteiger partial charge in [0.15, 0.2) is 6.61 Å². The molecular weight excluding hydrogens is 459 g/mol. The van der Waals surface area contributed by atoms with Crippen molar-refractivity contribution in [3.8, 4) is 5.75 Å². The van der Waals surface area contributed by atoms with Gasteiger partial charge in [0, 0.05) is 10.7 Å². The molecule has 0 unspecified atom stereocenters. The zero-order valence-corrected chi connectivity index (χ0v) is 19.1. The van der Waals surface area contributed by atoms with E-state index in [-0.39, 0.29) is 28.1 Å². The Hall–Kier alpha value is -2.74. The summed E-state index contributed by atoms with van der Waals surface area (Å²) in [5, 5.41) is 3.25. The van der Waals surface area contributed by atoms with E-state index in [0.29, 0.717) is 16.5 Å². The Morgan fingerprint density at radius 2 is 1.58 bits per heavy atom. The molecule has 3 aromatic carbocycles. The molecule has 0 heterocycles. The third kappa shape index (κ3) is 6.37. The lowest BCUT2D eigenvalue weighted by atomic mass is 10.1. The minimum absolute atomic E-state index is 0.0167. The maximum absolute atomic E-state index is 12.6. The Morgan fingerprint density at radius 1 is 0.935 bits per heavy atom. The molecule has 3 rings (SSSR count). The summed E-state index contributed by atoms with van der Waals surface area (Å²) in [7, 11) is -3.86. The lowest BCUT2D eigenvalue weighted by molar-refractivity contribution is -0.118. The molecule has 0 bridgehead atoms. The van der Waals surface area contributed by atoms with Crippen LogP contribution >= 0.6 is 23.2 Å². The first-order chi connectivity index (χ1) is 14.6. The van der Waals surface area contributed by atoms with Gasteiger partial charge in [0.05, 0.1) is 15.6 Å². The predicted octanol–water partition coefficient (Wildman–Crippen LogP) is 5.43. The van der Waals surface area contributed by atoms with Gasteiger partial charge in [-0.05, 0) is 79.6 Å². The van der Waals surface area contributed by atoms with Crippen LogP contribution in [0, 0.1) is 13.8 Å². The van der Waals surface area contributed by atoms with E-state index in [2.05, 4.69) is 10.0 Å². The molecule has 3 aromatic rings. The summed E-state index contributed by atoms with van der Waals surface area (Å²) in [6, 6.07) is 15.9. The van der Waals surface area contributed by atoms with E-state index in [1.165, 1.54) is 42.5 Å². The van der Waals surface area contributed by atoms with Gasteiger partial charge < -0.3 is 10.1 Å². The van der Waals surface area contributed by atoms with E-state index in [1.54, 1.807) is 0 Å². The third-order valence-electron chi connectivity index (χ3n) is 4.19. The molecule has 0 aromatic heterocycles. The van der Waals surface area contributed by atoms with E-state index in [9.17, 15) is 13.2 Å². The summed E-state index contributed by atoms with van der Waals surface area (Å²) >= 11 is 11.9. The summed E-state index contributed by atoms with van der Waals surface area (Å²) in [5.41, 5.74) is 2.74. The Morgan fingerprint density at radius 3 is 2.19 bits per heavy atom. The number of hydrogen-bond donors (Lipinski definition) is 2. The fraction of sp³-hybridized carbons (Fsp3) is 0.136. The molecule has 0 spiro atoms. The van der Waals surface area contributed by atoms with Crippen molar-refractivity contribution in [3.63, 3.8) is 0 Å². The Bertz CT molecular complexity index is 1190. The zero-order valence-electron chi connectivity index (χ0n) is 16.8.